The molecule has 0 radical (unpaired) electrons. The van der Waals surface area contributed by atoms with Gasteiger partial charge in [-0.1, -0.05) is 6.07 Å². The van der Waals surface area contributed by atoms with E-state index in [1.807, 2.05) is 19.1 Å². The number of nitrogens with zero attached hydrogens (tertiary/aromatic N) is 1. The van der Waals surface area contributed by atoms with Gasteiger partial charge < -0.3 is 16.4 Å². The van der Waals surface area contributed by atoms with Crippen LogP contribution in [0.25, 0.3) is 0 Å². The first-order valence-corrected chi connectivity index (χ1v) is 5.31. The molecule has 1 aromatic heterocycles. The molecule has 92 valence electrons. The molecular weight excluding hydrogens is 220 g/mol. The molecule has 0 aliphatic carbocycles. The van der Waals surface area contributed by atoms with Crippen molar-refractivity contribution in [2.24, 2.45) is 5.73 Å². The van der Waals surface area contributed by atoms with Crippen LogP contribution < -0.4 is 16.4 Å². The first-order valence-electron chi connectivity index (χ1n) is 5.31. The minimum atomic E-state index is -0.677. The van der Waals surface area contributed by atoms with Crippen molar-refractivity contribution < 1.29 is 9.59 Å². The van der Waals surface area contributed by atoms with Crippen molar-refractivity contribution in [3.8, 4) is 0 Å². The second-order valence-corrected chi connectivity index (χ2v) is 3.49. The quantitative estimate of drug-likeness (QED) is 0.589. The number of nitrogens with one attached hydrogen (secondary N) is 2. The first kappa shape index (κ1) is 13.1. The van der Waals surface area contributed by atoms with Crippen LogP contribution in [0.4, 0.5) is 0 Å². The van der Waals surface area contributed by atoms with Gasteiger partial charge in [-0.05, 0) is 18.6 Å². The van der Waals surface area contributed by atoms with Crippen molar-refractivity contribution in [3.63, 3.8) is 0 Å². The molecule has 0 bridgehead atoms. The molecule has 2 amide bonds. The van der Waals surface area contributed by atoms with E-state index in [2.05, 4.69) is 15.6 Å². The van der Waals surface area contributed by atoms with E-state index in [4.69, 9.17) is 5.73 Å². The fourth-order valence-corrected chi connectivity index (χ4v) is 1.21. The first-order chi connectivity index (χ1) is 8.15. The van der Waals surface area contributed by atoms with Crippen LogP contribution >= 0.6 is 0 Å². The van der Waals surface area contributed by atoms with Gasteiger partial charge >= 0.3 is 11.8 Å². The molecule has 0 aliphatic rings. The molecule has 0 atom stereocenters. The number of amides is 2. The number of nitrogens with two attached hydrogens (primary N) is 1. The normalized spacial score (nSPS) is 9.76. The molecule has 0 aliphatic heterocycles. The largest absolute Gasteiger partial charge is 0.347 e. The Bertz CT molecular complexity index is 406. The minimum Gasteiger partial charge on any atom is -0.347 e. The van der Waals surface area contributed by atoms with Crippen molar-refractivity contribution in [1.29, 1.82) is 0 Å². The van der Waals surface area contributed by atoms with E-state index >= 15 is 0 Å². The second-order valence-electron chi connectivity index (χ2n) is 3.49. The average Bonchev–Trinajstić information content (AvgIpc) is 2.34. The summed E-state index contributed by atoms with van der Waals surface area (Å²) in [5.74, 6) is -1.35. The van der Waals surface area contributed by atoms with E-state index in [1.54, 1.807) is 6.20 Å². The van der Waals surface area contributed by atoms with Crippen LogP contribution in [0.5, 0.6) is 0 Å². The van der Waals surface area contributed by atoms with Crippen LogP contribution in [0.1, 0.15) is 11.3 Å². The number of pyridine rings is 1. The van der Waals surface area contributed by atoms with Crippen molar-refractivity contribution in [3.05, 3.63) is 29.6 Å². The summed E-state index contributed by atoms with van der Waals surface area (Å²) in [7, 11) is 0. The molecule has 17 heavy (non-hydrogen) atoms. The van der Waals surface area contributed by atoms with Gasteiger partial charge in [-0.3, -0.25) is 14.6 Å². The smallest absolute Gasteiger partial charge is 0.309 e. The molecule has 1 aromatic rings. The lowest BCUT2D eigenvalue weighted by Gasteiger charge is -2.06. The number of aryl methyl sites for hydroxylation is 1. The average molecular weight is 236 g/mol. The lowest BCUT2D eigenvalue weighted by atomic mass is 10.2. The highest BCUT2D eigenvalue weighted by Crippen LogP contribution is 2.01. The van der Waals surface area contributed by atoms with E-state index in [-0.39, 0.29) is 13.1 Å². The van der Waals surface area contributed by atoms with E-state index in [0.717, 1.165) is 11.3 Å². The number of aromatic nitrogens is 1. The molecule has 6 nitrogen and oxygen atoms in total. The van der Waals surface area contributed by atoms with Crippen molar-refractivity contribution in [2.45, 2.75) is 13.5 Å². The van der Waals surface area contributed by atoms with Crippen LogP contribution in [-0.4, -0.2) is 29.9 Å². The topological polar surface area (TPSA) is 97.1 Å². The van der Waals surface area contributed by atoms with Gasteiger partial charge in [-0.2, -0.15) is 0 Å². The maximum absolute atomic E-state index is 11.3. The minimum absolute atomic E-state index is 0.238. The highest BCUT2D eigenvalue weighted by atomic mass is 16.2. The van der Waals surface area contributed by atoms with Crippen molar-refractivity contribution in [2.75, 3.05) is 13.1 Å². The summed E-state index contributed by atoms with van der Waals surface area (Å²) in [5.41, 5.74) is 6.92. The van der Waals surface area contributed by atoms with E-state index < -0.39 is 11.8 Å². The van der Waals surface area contributed by atoms with Gasteiger partial charge in [0.1, 0.15) is 0 Å². The second kappa shape index (κ2) is 6.59. The van der Waals surface area contributed by atoms with Gasteiger partial charge in [-0.15, -0.1) is 0 Å². The van der Waals surface area contributed by atoms with E-state index in [1.165, 1.54) is 0 Å². The summed E-state index contributed by atoms with van der Waals surface area (Å²) < 4.78 is 0. The molecular formula is C11H16N4O2. The Morgan fingerprint density at radius 1 is 1.35 bits per heavy atom. The molecule has 0 unspecified atom stereocenters. The Labute approximate surface area is 99.6 Å². The van der Waals surface area contributed by atoms with Crippen LogP contribution in [0.15, 0.2) is 18.3 Å². The fraction of sp³-hybridized carbons (Fsp3) is 0.364. The third kappa shape index (κ3) is 4.20. The van der Waals surface area contributed by atoms with Crippen LogP contribution in [-0.2, 0) is 16.1 Å². The molecule has 1 heterocycles. The molecule has 0 aromatic carbocycles. The predicted octanol–water partition coefficient (Wildman–Crippen LogP) is -0.919. The summed E-state index contributed by atoms with van der Waals surface area (Å²) in [6, 6.07) is 3.71. The van der Waals surface area contributed by atoms with Crippen LogP contribution in [0.3, 0.4) is 0 Å². The van der Waals surface area contributed by atoms with E-state index in [9.17, 15) is 9.59 Å². The molecule has 0 spiro atoms. The van der Waals surface area contributed by atoms with Gasteiger partial charge in [-0.25, -0.2) is 0 Å². The Kier molecular flexibility index (Phi) is 5.09. The molecule has 4 N–H and O–H groups in total. The van der Waals surface area contributed by atoms with Crippen LogP contribution in [0.2, 0.25) is 0 Å². The van der Waals surface area contributed by atoms with E-state index in [0.29, 0.717) is 6.54 Å². The summed E-state index contributed by atoms with van der Waals surface area (Å²) in [6.07, 6.45) is 1.64. The molecule has 0 saturated heterocycles. The molecule has 1 rings (SSSR count). The zero-order valence-electron chi connectivity index (χ0n) is 9.69. The summed E-state index contributed by atoms with van der Waals surface area (Å²) in [4.78, 5) is 26.7. The fourth-order valence-electron chi connectivity index (χ4n) is 1.21. The van der Waals surface area contributed by atoms with Gasteiger partial charge in [0.2, 0.25) is 0 Å². The summed E-state index contributed by atoms with van der Waals surface area (Å²) in [5, 5.41) is 4.88. The number of rotatable bonds is 4. The third-order valence-corrected chi connectivity index (χ3v) is 2.17. The third-order valence-electron chi connectivity index (χ3n) is 2.17. The highest BCUT2D eigenvalue weighted by Gasteiger charge is 2.12. The Morgan fingerprint density at radius 3 is 2.71 bits per heavy atom. The van der Waals surface area contributed by atoms with Crippen LogP contribution in [0, 0.1) is 6.92 Å². The maximum atomic E-state index is 11.3. The monoisotopic (exact) mass is 236 g/mol. The summed E-state index contributed by atoms with van der Waals surface area (Å²) >= 11 is 0. The Hall–Kier alpha value is -1.95. The molecule has 0 fully saturated rings. The van der Waals surface area contributed by atoms with Crippen molar-refractivity contribution in [1.82, 2.24) is 15.6 Å². The van der Waals surface area contributed by atoms with Crippen molar-refractivity contribution >= 4 is 11.8 Å². The summed E-state index contributed by atoms with van der Waals surface area (Å²) in [6.45, 7) is 2.72. The highest BCUT2D eigenvalue weighted by molar-refractivity contribution is 6.35. The van der Waals surface area contributed by atoms with Gasteiger partial charge in [0.05, 0.1) is 12.2 Å². The maximum Gasteiger partial charge on any atom is 0.309 e. The molecule has 0 saturated carbocycles. The number of carbonyl (C=O) groups excluding carboxylic acids is 2. The lowest BCUT2D eigenvalue weighted by Crippen LogP contribution is -2.41. The van der Waals surface area contributed by atoms with Gasteiger partial charge in [0, 0.05) is 19.3 Å². The van der Waals surface area contributed by atoms with Gasteiger partial charge in [0.15, 0.2) is 0 Å². The zero-order valence-corrected chi connectivity index (χ0v) is 9.69. The SMILES string of the molecule is Cc1cccnc1CNC(=O)C(=O)NCCN. The Morgan fingerprint density at radius 2 is 2.06 bits per heavy atom. The zero-order chi connectivity index (χ0) is 12.7. The standard InChI is InChI=1S/C11H16N4O2/c1-8-3-2-5-13-9(8)7-15-11(17)10(16)14-6-4-12/h2-3,5H,4,6-7,12H2,1H3,(H,14,16)(H,15,17). The predicted molar refractivity (Wildman–Crippen MR) is 62.9 cm³/mol. The van der Waals surface area contributed by atoms with Gasteiger partial charge in [0.25, 0.3) is 0 Å². The number of hydrogen-bond donors (Lipinski definition) is 3. The molecule has 6 heteroatoms. The Balaban J connectivity index is 2.43. The number of hydrogen-bond acceptors (Lipinski definition) is 4. The number of carbonyl (C=O) groups is 2. The lowest BCUT2D eigenvalue weighted by molar-refractivity contribution is -0.139.